The van der Waals surface area contributed by atoms with Crippen molar-refractivity contribution in [2.45, 2.75) is 85.4 Å². The third-order valence-electron chi connectivity index (χ3n) is 7.70. The van der Waals surface area contributed by atoms with E-state index in [4.69, 9.17) is 4.74 Å². The molecular weight excluding hydrogens is 372 g/mol. The van der Waals surface area contributed by atoms with Gasteiger partial charge in [-0.25, -0.2) is 0 Å². The Morgan fingerprint density at radius 1 is 1.21 bits per heavy atom. The van der Waals surface area contributed by atoms with Crippen LogP contribution in [0.3, 0.4) is 0 Å². The van der Waals surface area contributed by atoms with Crippen LogP contribution in [0.25, 0.3) is 0 Å². The fraction of sp³-hybridized carbons (Fsp3) is 0.870. The Balaban J connectivity index is 2.57. The van der Waals surface area contributed by atoms with Crippen LogP contribution in [0.2, 0.25) is 0 Å². The molecule has 0 aromatic carbocycles. The van der Waals surface area contributed by atoms with Crippen molar-refractivity contribution in [3.63, 3.8) is 0 Å². The van der Waals surface area contributed by atoms with E-state index in [-0.39, 0.29) is 48.8 Å². The molecule has 6 nitrogen and oxygen atoms in total. The molecule has 2 aliphatic carbocycles. The first-order valence-corrected chi connectivity index (χ1v) is 10.9. The SMILES string of the molecule is CC[C@@H](C)[C@H]1[C@](C)(O)C(=O)[C@H]2C[C@](C)(O)C[C@@H](C)C2[C@@]1(C)C(=O)CCOC(C)=O. The van der Waals surface area contributed by atoms with Gasteiger partial charge < -0.3 is 14.9 Å². The number of aliphatic hydroxyl groups is 2. The number of fused-ring (bicyclic) bond motifs is 1. The van der Waals surface area contributed by atoms with Gasteiger partial charge in [0.25, 0.3) is 0 Å². The average Bonchev–Trinajstić information content (AvgIpc) is 2.57. The molecule has 0 radical (unpaired) electrons. The number of Topliss-reactive ketones (excluding diaryl/α,β-unsaturated/α-hetero) is 2. The van der Waals surface area contributed by atoms with E-state index in [0.717, 1.165) is 6.42 Å². The van der Waals surface area contributed by atoms with Crippen molar-refractivity contribution in [3.8, 4) is 0 Å². The van der Waals surface area contributed by atoms with Crippen LogP contribution >= 0.6 is 0 Å². The number of carbonyl (C=O) groups is 3. The lowest BCUT2D eigenvalue weighted by atomic mass is 9.42. The minimum absolute atomic E-state index is 0.00342. The summed E-state index contributed by atoms with van der Waals surface area (Å²) in [5.74, 6) is -2.27. The maximum atomic E-state index is 13.6. The van der Waals surface area contributed by atoms with Gasteiger partial charge in [0.1, 0.15) is 11.4 Å². The van der Waals surface area contributed by atoms with Crippen LogP contribution in [-0.4, -0.2) is 45.6 Å². The smallest absolute Gasteiger partial charge is 0.302 e. The summed E-state index contributed by atoms with van der Waals surface area (Å²) in [5.41, 5.74) is -3.61. The zero-order chi connectivity index (χ0) is 22.4. The number of hydrogen-bond donors (Lipinski definition) is 2. The van der Waals surface area contributed by atoms with Crippen LogP contribution in [-0.2, 0) is 19.1 Å². The Morgan fingerprint density at radius 3 is 2.31 bits per heavy atom. The summed E-state index contributed by atoms with van der Waals surface area (Å²) in [4.78, 5) is 38.2. The second kappa shape index (κ2) is 8.10. The van der Waals surface area contributed by atoms with Gasteiger partial charge >= 0.3 is 5.97 Å². The fourth-order valence-electron chi connectivity index (χ4n) is 6.78. The van der Waals surface area contributed by atoms with Crippen molar-refractivity contribution in [1.29, 1.82) is 0 Å². The number of ether oxygens (including phenoxy) is 1. The van der Waals surface area contributed by atoms with E-state index >= 15 is 0 Å². The highest BCUT2D eigenvalue weighted by molar-refractivity contribution is 5.95. The normalized spacial score (nSPS) is 43.4. The summed E-state index contributed by atoms with van der Waals surface area (Å²) in [6.07, 6.45) is 1.53. The molecule has 6 heteroatoms. The molecule has 2 saturated carbocycles. The highest BCUT2D eigenvalue weighted by Gasteiger charge is 2.67. The number of hydrogen-bond acceptors (Lipinski definition) is 6. The van der Waals surface area contributed by atoms with E-state index < -0.39 is 34.4 Å². The number of rotatable bonds is 6. The summed E-state index contributed by atoms with van der Waals surface area (Å²) >= 11 is 0. The summed E-state index contributed by atoms with van der Waals surface area (Å²) in [6.45, 7) is 12.4. The molecule has 2 N–H and O–H groups in total. The summed E-state index contributed by atoms with van der Waals surface area (Å²) in [7, 11) is 0. The standard InChI is InChI=1S/C23H38O6/c1-8-13(2)19-22(6,17(25)9-10-29-15(4)24)18-14(3)11-21(5,27)12-16(18)20(26)23(19,7)28/h13-14,16,18-19,27-28H,8-12H2,1-7H3/t13-,14-,16+,18?,19-,21-,22-,23+/m1/s1. The maximum absolute atomic E-state index is 13.6. The van der Waals surface area contributed by atoms with Gasteiger partial charge in [-0.1, -0.05) is 34.1 Å². The third kappa shape index (κ3) is 4.15. The molecule has 0 saturated heterocycles. The molecule has 2 rings (SSSR count). The molecule has 0 aromatic rings. The van der Waals surface area contributed by atoms with Crippen molar-refractivity contribution in [1.82, 2.24) is 0 Å². The topological polar surface area (TPSA) is 101 Å². The molecule has 8 atom stereocenters. The van der Waals surface area contributed by atoms with E-state index in [0.29, 0.717) is 6.42 Å². The van der Waals surface area contributed by atoms with E-state index in [1.165, 1.54) is 13.8 Å². The summed E-state index contributed by atoms with van der Waals surface area (Å²) in [5, 5.41) is 22.2. The van der Waals surface area contributed by atoms with E-state index in [9.17, 15) is 24.6 Å². The minimum atomic E-state index is -1.66. The van der Waals surface area contributed by atoms with Gasteiger partial charge in [-0.05, 0) is 44.4 Å². The van der Waals surface area contributed by atoms with E-state index in [1.807, 2.05) is 27.7 Å². The molecule has 0 aliphatic heterocycles. The van der Waals surface area contributed by atoms with Crippen LogP contribution in [0.15, 0.2) is 0 Å². The number of carbonyl (C=O) groups excluding carboxylic acids is 3. The second-order valence-electron chi connectivity index (χ2n) is 10.2. The van der Waals surface area contributed by atoms with Crippen LogP contribution in [0.1, 0.15) is 74.1 Å². The van der Waals surface area contributed by atoms with E-state index in [2.05, 4.69) is 0 Å². The first kappa shape index (κ1) is 24.0. The maximum Gasteiger partial charge on any atom is 0.302 e. The van der Waals surface area contributed by atoms with Crippen molar-refractivity contribution in [3.05, 3.63) is 0 Å². The highest BCUT2D eigenvalue weighted by atomic mass is 16.5. The molecule has 2 aliphatic rings. The molecule has 166 valence electrons. The van der Waals surface area contributed by atoms with Gasteiger partial charge in [0.05, 0.1) is 12.2 Å². The molecular formula is C23H38O6. The number of ketones is 2. The Morgan fingerprint density at radius 2 is 1.79 bits per heavy atom. The fourth-order valence-corrected chi connectivity index (χ4v) is 6.78. The molecule has 0 aromatic heterocycles. The first-order chi connectivity index (χ1) is 13.2. The summed E-state index contributed by atoms with van der Waals surface area (Å²) in [6, 6.07) is 0. The Kier molecular flexibility index (Phi) is 6.71. The Hall–Kier alpha value is -1.27. The Bertz CT molecular complexity index is 666. The van der Waals surface area contributed by atoms with Crippen LogP contribution < -0.4 is 0 Å². The van der Waals surface area contributed by atoms with Gasteiger partial charge in [0.2, 0.25) is 0 Å². The average molecular weight is 411 g/mol. The van der Waals surface area contributed by atoms with Gasteiger partial charge in [-0.3, -0.25) is 14.4 Å². The second-order valence-corrected chi connectivity index (χ2v) is 10.2. The monoisotopic (exact) mass is 410 g/mol. The van der Waals surface area contributed by atoms with Gasteiger partial charge in [0, 0.05) is 30.6 Å². The minimum Gasteiger partial charge on any atom is -0.465 e. The number of esters is 1. The zero-order valence-corrected chi connectivity index (χ0v) is 18.9. The van der Waals surface area contributed by atoms with Gasteiger partial charge in [-0.15, -0.1) is 0 Å². The Labute approximate surface area is 174 Å². The zero-order valence-electron chi connectivity index (χ0n) is 18.9. The van der Waals surface area contributed by atoms with Crippen LogP contribution in [0, 0.1) is 35.0 Å². The van der Waals surface area contributed by atoms with Gasteiger partial charge in [0.15, 0.2) is 5.78 Å². The first-order valence-electron chi connectivity index (χ1n) is 10.9. The quantitative estimate of drug-likeness (QED) is 0.653. The van der Waals surface area contributed by atoms with Gasteiger partial charge in [-0.2, -0.15) is 0 Å². The predicted octanol–water partition coefficient (Wildman–Crippen LogP) is 2.92. The molecule has 0 heterocycles. The lowest BCUT2D eigenvalue weighted by molar-refractivity contribution is -0.205. The van der Waals surface area contributed by atoms with Crippen LogP contribution in [0.4, 0.5) is 0 Å². The largest absolute Gasteiger partial charge is 0.465 e. The molecule has 29 heavy (non-hydrogen) atoms. The molecule has 2 fully saturated rings. The predicted molar refractivity (Wildman–Crippen MR) is 109 cm³/mol. The highest BCUT2D eigenvalue weighted by Crippen LogP contribution is 2.61. The molecule has 1 unspecified atom stereocenters. The third-order valence-corrected chi connectivity index (χ3v) is 7.70. The van der Waals surface area contributed by atoms with Crippen molar-refractivity contribution in [2.75, 3.05) is 6.61 Å². The lowest BCUT2D eigenvalue weighted by Gasteiger charge is -2.61. The summed E-state index contributed by atoms with van der Waals surface area (Å²) < 4.78 is 5.01. The van der Waals surface area contributed by atoms with Crippen molar-refractivity contribution >= 4 is 17.5 Å². The van der Waals surface area contributed by atoms with Crippen molar-refractivity contribution < 1.29 is 29.3 Å². The van der Waals surface area contributed by atoms with Crippen molar-refractivity contribution in [2.24, 2.45) is 35.0 Å². The molecule has 0 spiro atoms. The van der Waals surface area contributed by atoms with E-state index in [1.54, 1.807) is 6.92 Å². The van der Waals surface area contributed by atoms with Crippen LogP contribution in [0.5, 0.6) is 0 Å². The molecule has 0 amide bonds. The molecule has 0 bridgehead atoms. The lowest BCUT2D eigenvalue weighted by Crippen LogP contribution is -2.69.